The summed E-state index contributed by atoms with van der Waals surface area (Å²) in [6.07, 6.45) is 3.45. The van der Waals surface area contributed by atoms with Gasteiger partial charge in [-0.1, -0.05) is 31.2 Å². The van der Waals surface area contributed by atoms with Crippen molar-refractivity contribution in [2.24, 2.45) is 0 Å². The summed E-state index contributed by atoms with van der Waals surface area (Å²) in [5.41, 5.74) is 6.09. The molecule has 3 aromatic rings. The van der Waals surface area contributed by atoms with Gasteiger partial charge in [0.2, 0.25) is 0 Å². The van der Waals surface area contributed by atoms with Crippen molar-refractivity contribution in [3.05, 3.63) is 65.2 Å². The van der Waals surface area contributed by atoms with E-state index in [9.17, 15) is 0 Å². The molecule has 1 aliphatic carbocycles. The number of piperazine rings is 1. The summed E-state index contributed by atoms with van der Waals surface area (Å²) in [7, 11) is 0. The molecule has 1 saturated heterocycles. The fourth-order valence-electron chi connectivity index (χ4n) is 5.14. The largest absolute Gasteiger partial charge is 0.356 e. The Balaban J connectivity index is 1.29. The summed E-state index contributed by atoms with van der Waals surface area (Å²) in [6, 6.07) is 17.5. The minimum Gasteiger partial charge on any atom is -0.356 e. The van der Waals surface area contributed by atoms with Gasteiger partial charge in [0, 0.05) is 37.3 Å². The van der Waals surface area contributed by atoms with Crippen LogP contribution in [0, 0.1) is 6.92 Å². The lowest BCUT2D eigenvalue weighted by atomic mass is 9.88. The molecule has 33 heavy (non-hydrogen) atoms. The zero-order valence-electron chi connectivity index (χ0n) is 19.6. The van der Waals surface area contributed by atoms with E-state index in [-0.39, 0.29) is 6.04 Å². The molecule has 0 bridgehead atoms. The number of benzene rings is 2. The van der Waals surface area contributed by atoms with Crippen LogP contribution in [0.1, 0.15) is 42.5 Å². The second kappa shape index (κ2) is 9.65. The Morgan fingerprint density at radius 1 is 1.09 bits per heavy atom. The normalized spacial score (nSPS) is 18.7. The van der Waals surface area contributed by atoms with Crippen molar-refractivity contribution in [3.63, 3.8) is 0 Å². The summed E-state index contributed by atoms with van der Waals surface area (Å²) in [5.74, 6) is 1.09. The number of nitrogens with one attached hydrogen (secondary N) is 2. The molecule has 172 valence electrons. The fraction of sp³-hybridized carbons (Fsp3) is 0.407. The quantitative estimate of drug-likeness (QED) is 0.533. The third-order valence-corrected chi connectivity index (χ3v) is 7.30. The van der Waals surface area contributed by atoms with E-state index in [2.05, 4.69) is 82.8 Å². The van der Waals surface area contributed by atoms with Gasteiger partial charge < -0.3 is 20.4 Å². The van der Waals surface area contributed by atoms with Gasteiger partial charge in [0.05, 0.1) is 11.6 Å². The van der Waals surface area contributed by atoms with Crippen LogP contribution >= 0.6 is 12.2 Å². The number of fused-ring (bicyclic) bond motifs is 2. The zero-order valence-corrected chi connectivity index (χ0v) is 20.4. The van der Waals surface area contributed by atoms with Crippen LogP contribution < -0.4 is 15.5 Å². The molecule has 0 radical (unpaired) electrons. The molecule has 5 nitrogen and oxygen atoms in total. The van der Waals surface area contributed by atoms with Gasteiger partial charge in [0.15, 0.2) is 5.11 Å². The molecule has 1 atom stereocenters. The summed E-state index contributed by atoms with van der Waals surface area (Å²) in [6.45, 7) is 9.81. The Hall–Kier alpha value is -2.70. The van der Waals surface area contributed by atoms with Gasteiger partial charge in [-0.15, -0.1) is 0 Å². The van der Waals surface area contributed by atoms with Crippen LogP contribution in [0.3, 0.4) is 0 Å². The number of hydrogen-bond donors (Lipinski definition) is 2. The predicted octanol–water partition coefficient (Wildman–Crippen LogP) is 5.05. The average Bonchev–Trinajstić information content (AvgIpc) is 2.84. The molecule has 0 spiro atoms. The number of aryl methyl sites for hydroxylation is 2. The Labute approximate surface area is 202 Å². The number of hydrogen-bond acceptors (Lipinski definition) is 4. The van der Waals surface area contributed by atoms with Gasteiger partial charge in [0.25, 0.3) is 0 Å². The highest BCUT2D eigenvalue weighted by Gasteiger charge is 2.21. The zero-order chi connectivity index (χ0) is 22.8. The summed E-state index contributed by atoms with van der Waals surface area (Å²) in [4.78, 5) is 9.88. The lowest BCUT2D eigenvalue weighted by molar-refractivity contribution is 0.270. The molecule has 2 aliphatic rings. The number of pyridine rings is 1. The fourth-order valence-corrected chi connectivity index (χ4v) is 5.40. The molecule has 2 N–H and O–H groups in total. The van der Waals surface area contributed by atoms with Gasteiger partial charge in [-0.25, -0.2) is 4.98 Å². The van der Waals surface area contributed by atoms with Crippen LogP contribution in [0.25, 0.3) is 10.9 Å². The number of rotatable bonds is 4. The molecular weight excluding hydrogens is 426 g/mol. The van der Waals surface area contributed by atoms with Crippen LogP contribution in [0.4, 0.5) is 11.5 Å². The molecule has 2 heterocycles. The number of thiocarbonyl (C=S) groups is 1. The van der Waals surface area contributed by atoms with E-state index in [1.165, 1.54) is 28.5 Å². The molecule has 5 rings (SSSR count). The summed E-state index contributed by atoms with van der Waals surface area (Å²) >= 11 is 5.68. The predicted molar refractivity (Wildman–Crippen MR) is 142 cm³/mol. The van der Waals surface area contributed by atoms with E-state index >= 15 is 0 Å². The van der Waals surface area contributed by atoms with Crippen molar-refractivity contribution in [2.75, 3.05) is 42.9 Å². The van der Waals surface area contributed by atoms with Crippen LogP contribution in [0.15, 0.2) is 48.5 Å². The van der Waals surface area contributed by atoms with E-state index in [4.69, 9.17) is 17.2 Å². The molecule has 0 saturated carbocycles. The number of likely N-dealkylation sites (N-methyl/N-ethyl adjacent to an activating group) is 1. The van der Waals surface area contributed by atoms with Crippen molar-refractivity contribution >= 4 is 39.7 Å². The van der Waals surface area contributed by atoms with Crippen LogP contribution in [-0.4, -0.2) is 47.7 Å². The molecule has 1 fully saturated rings. The number of anilines is 2. The maximum atomic E-state index is 5.68. The topological polar surface area (TPSA) is 43.4 Å². The Kier molecular flexibility index (Phi) is 6.47. The first-order valence-electron chi connectivity index (χ1n) is 12.1. The molecule has 0 amide bonds. The van der Waals surface area contributed by atoms with Crippen molar-refractivity contribution in [2.45, 2.75) is 39.2 Å². The standard InChI is InChI=1S/C27H33N5S/c1-3-31-13-15-32(16-14-31)26-17-19(2)23-18-21(11-12-25(23)29-26)28-27(33)30-24-10-6-8-20-7-4-5-9-22(20)24/h4-5,7,9,11-12,17-18,24H,3,6,8,10,13-16H2,1-2H3,(H2,28,30,33)/t24-/m1/s1. The van der Waals surface area contributed by atoms with Crippen molar-refractivity contribution in [1.82, 2.24) is 15.2 Å². The van der Waals surface area contributed by atoms with Gasteiger partial charge in [-0.2, -0.15) is 0 Å². The third-order valence-electron chi connectivity index (χ3n) is 7.08. The van der Waals surface area contributed by atoms with Crippen molar-refractivity contribution in [3.8, 4) is 0 Å². The minimum absolute atomic E-state index is 0.273. The first kappa shape index (κ1) is 22.1. The molecular formula is C27H33N5S. The molecule has 2 aromatic carbocycles. The van der Waals surface area contributed by atoms with E-state index in [1.54, 1.807) is 0 Å². The highest BCUT2D eigenvalue weighted by molar-refractivity contribution is 7.80. The average molecular weight is 460 g/mol. The molecule has 1 aliphatic heterocycles. The third kappa shape index (κ3) is 4.82. The highest BCUT2D eigenvalue weighted by Crippen LogP contribution is 2.30. The van der Waals surface area contributed by atoms with E-state index in [1.807, 2.05) is 0 Å². The molecule has 1 aromatic heterocycles. The van der Waals surface area contributed by atoms with Gasteiger partial charge >= 0.3 is 0 Å². The Morgan fingerprint density at radius 3 is 2.73 bits per heavy atom. The van der Waals surface area contributed by atoms with Crippen molar-refractivity contribution in [1.29, 1.82) is 0 Å². The van der Waals surface area contributed by atoms with Gasteiger partial charge in [-0.05, 0) is 85.9 Å². The minimum atomic E-state index is 0.273. The van der Waals surface area contributed by atoms with Gasteiger partial charge in [-0.3, -0.25) is 0 Å². The highest BCUT2D eigenvalue weighted by atomic mass is 32.1. The van der Waals surface area contributed by atoms with Gasteiger partial charge in [0.1, 0.15) is 5.82 Å². The lowest BCUT2D eigenvalue weighted by Gasteiger charge is -2.35. The smallest absolute Gasteiger partial charge is 0.171 e. The maximum Gasteiger partial charge on any atom is 0.171 e. The van der Waals surface area contributed by atoms with Crippen molar-refractivity contribution < 1.29 is 0 Å². The SMILES string of the molecule is CCN1CCN(c2cc(C)c3cc(NC(=S)N[C@@H]4CCCc5ccccc54)ccc3n2)CC1. The first-order valence-corrected chi connectivity index (χ1v) is 12.6. The number of nitrogens with zero attached hydrogens (tertiary/aromatic N) is 3. The van der Waals surface area contributed by atoms with Crippen LogP contribution in [0.5, 0.6) is 0 Å². The van der Waals surface area contributed by atoms with Crippen LogP contribution in [-0.2, 0) is 6.42 Å². The summed E-state index contributed by atoms with van der Waals surface area (Å²) < 4.78 is 0. The van der Waals surface area contributed by atoms with E-state index < -0.39 is 0 Å². The van der Waals surface area contributed by atoms with E-state index in [0.717, 1.165) is 62.6 Å². The molecule has 0 unspecified atom stereocenters. The van der Waals surface area contributed by atoms with E-state index in [0.29, 0.717) is 5.11 Å². The molecule has 6 heteroatoms. The number of aromatic nitrogens is 1. The monoisotopic (exact) mass is 459 g/mol. The lowest BCUT2D eigenvalue weighted by Crippen LogP contribution is -2.46. The first-order chi connectivity index (χ1) is 16.1. The second-order valence-corrected chi connectivity index (χ2v) is 9.60. The summed E-state index contributed by atoms with van der Waals surface area (Å²) in [5, 5.41) is 8.79. The Bertz CT molecular complexity index is 1150. The maximum absolute atomic E-state index is 5.68. The van der Waals surface area contributed by atoms with Crippen LogP contribution in [0.2, 0.25) is 0 Å². The Morgan fingerprint density at radius 2 is 1.91 bits per heavy atom. The second-order valence-electron chi connectivity index (χ2n) is 9.19.